The highest BCUT2D eigenvalue weighted by molar-refractivity contribution is 7.89. The first-order valence-corrected chi connectivity index (χ1v) is 11.2. The fraction of sp³-hybridized carbons (Fsp3) is 0.300. The van der Waals surface area contributed by atoms with Crippen molar-refractivity contribution in [3.8, 4) is 0 Å². The number of carbonyl (C=O) groups excluding carboxylic acids is 2. The Kier molecular flexibility index (Phi) is 7.50. The standard InChI is InChI=1S/C20H22ClN3O6S/c1-23(20(26)7-5-16-3-2-10-30-16)14-19(25)22-15-4-6-17(21)18(13-15)31(27,28)24-8-11-29-12-9-24/h2-7,10,13H,8-9,11-12,14H2,1H3,(H,22,25)/b7-5+. The summed E-state index contributed by atoms with van der Waals surface area (Å²) in [5.41, 5.74) is 0.258. The van der Waals surface area contributed by atoms with E-state index in [0.29, 0.717) is 19.0 Å². The van der Waals surface area contributed by atoms with Crippen LogP contribution >= 0.6 is 11.6 Å². The van der Waals surface area contributed by atoms with Crippen molar-refractivity contribution in [2.75, 3.05) is 45.2 Å². The molecule has 0 atom stereocenters. The van der Waals surface area contributed by atoms with Crippen LogP contribution < -0.4 is 5.32 Å². The summed E-state index contributed by atoms with van der Waals surface area (Å²) in [7, 11) is -2.35. The van der Waals surface area contributed by atoms with Gasteiger partial charge in [-0.3, -0.25) is 9.59 Å². The van der Waals surface area contributed by atoms with E-state index in [2.05, 4.69) is 5.32 Å². The van der Waals surface area contributed by atoms with Crippen molar-refractivity contribution in [1.29, 1.82) is 0 Å². The number of sulfonamides is 1. The van der Waals surface area contributed by atoms with E-state index in [-0.39, 0.29) is 35.2 Å². The summed E-state index contributed by atoms with van der Waals surface area (Å²) in [6.45, 7) is 0.848. The number of nitrogens with zero attached hydrogens (tertiary/aromatic N) is 2. The molecule has 2 aromatic rings. The molecule has 1 aliphatic heterocycles. The first kappa shape index (κ1) is 23.0. The zero-order chi connectivity index (χ0) is 22.4. The molecule has 1 fully saturated rings. The van der Waals surface area contributed by atoms with Crippen molar-refractivity contribution >= 4 is 45.2 Å². The molecule has 0 spiro atoms. The molecule has 2 heterocycles. The van der Waals surface area contributed by atoms with Gasteiger partial charge in [-0.15, -0.1) is 0 Å². The molecule has 1 saturated heterocycles. The van der Waals surface area contributed by atoms with E-state index < -0.39 is 21.8 Å². The molecule has 1 aliphatic rings. The van der Waals surface area contributed by atoms with Crippen molar-refractivity contribution in [3.63, 3.8) is 0 Å². The molecule has 1 aromatic carbocycles. The summed E-state index contributed by atoms with van der Waals surface area (Å²) in [4.78, 5) is 25.6. The van der Waals surface area contributed by atoms with Gasteiger partial charge in [-0.25, -0.2) is 8.42 Å². The van der Waals surface area contributed by atoms with Crippen molar-refractivity contribution in [2.24, 2.45) is 0 Å². The van der Waals surface area contributed by atoms with Gasteiger partial charge in [0.15, 0.2) is 0 Å². The Hall–Kier alpha value is -2.66. The van der Waals surface area contributed by atoms with Crippen molar-refractivity contribution in [1.82, 2.24) is 9.21 Å². The number of amides is 2. The Morgan fingerprint density at radius 1 is 1.26 bits per heavy atom. The molecule has 0 bridgehead atoms. The zero-order valence-corrected chi connectivity index (χ0v) is 18.4. The van der Waals surface area contributed by atoms with Crippen LogP contribution in [-0.4, -0.2) is 69.3 Å². The van der Waals surface area contributed by atoms with E-state index in [1.54, 1.807) is 12.1 Å². The summed E-state index contributed by atoms with van der Waals surface area (Å²) in [5, 5.41) is 2.65. The number of halogens is 1. The molecule has 3 rings (SSSR count). The molecular formula is C20H22ClN3O6S. The third-order valence-electron chi connectivity index (χ3n) is 4.49. The number of furan rings is 1. The van der Waals surface area contributed by atoms with Crippen molar-refractivity contribution < 1.29 is 27.2 Å². The van der Waals surface area contributed by atoms with E-state index in [1.165, 1.54) is 52.9 Å². The van der Waals surface area contributed by atoms with Crippen LogP contribution in [0.15, 0.2) is 52.0 Å². The minimum Gasteiger partial charge on any atom is -0.465 e. The average Bonchev–Trinajstić information content (AvgIpc) is 3.27. The van der Waals surface area contributed by atoms with E-state index in [1.807, 2.05) is 0 Å². The highest BCUT2D eigenvalue weighted by atomic mass is 35.5. The Bertz CT molecular complexity index is 1060. The normalized spacial score (nSPS) is 15.2. The highest BCUT2D eigenvalue weighted by Crippen LogP contribution is 2.28. The van der Waals surface area contributed by atoms with Gasteiger partial charge in [0.1, 0.15) is 10.7 Å². The smallest absolute Gasteiger partial charge is 0.246 e. The molecule has 31 heavy (non-hydrogen) atoms. The third kappa shape index (κ3) is 5.95. The zero-order valence-electron chi connectivity index (χ0n) is 16.8. The molecule has 11 heteroatoms. The lowest BCUT2D eigenvalue weighted by molar-refractivity contribution is -0.129. The van der Waals surface area contributed by atoms with E-state index in [4.69, 9.17) is 20.8 Å². The maximum absolute atomic E-state index is 12.9. The van der Waals surface area contributed by atoms with Crippen LogP contribution in [0.5, 0.6) is 0 Å². The lowest BCUT2D eigenvalue weighted by Gasteiger charge is -2.26. The number of morpholine rings is 1. The van der Waals surface area contributed by atoms with E-state index in [0.717, 1.165) is 0 Å². The minimum absolute atomic E-state index is 0.0554. The summed E-state index contributed by atoms with van der Waals surface area (Å²) < 4.78 is 37.4. The van der Waals surface area contributed by atoms with Crippen LogP contribution in [0.2, 0.25) is 5.02 Å². The number of anilines is 1. The largest absolute Gasteiger partial charge is 0.465 e. The summed E-state index contributed by atoms with van der Waals surface area (Å²) in [6.07, 6.45) is 4.28. The Morgan fingerprint density at radius 2 is 2.00 bits per heavy atom. The van der Waals surface area contributed by atoms with Gasteiger partial charge in [0.25, 0.3) is 0 Å². The number of ether oxygens (including phenoxy) is 1. The van der Waals surface area contributed by atoms with Crippen molar-refractivity contribution in [3.05, 3.63) is 53.5 Å². The first-order valence-electron chi connectivity index (χ1n) is 9.41. The van der Waals surface area contributed by atoms with Gasteiger partial charge in [0.2, 0.25) is 21.8 Å². The number of benzene rings is 1. The number of likely N-dealkylation sites (N-methyl/N-ethyl adjacent to an activating group) is 1. The maximum Gasteiger partial charge on any atom is 0.246 e. The summed E-state index contributed by atoms with van der Waals surface area (Å²) in [5.74, 6) is -0.362. The minimum atomic E-state index is -3.83. The fourth-order valence-electron chi connectivity index (χ4n) is 2.87. The van der Waals surface area contributed by atoms with Crippen LogP contribution in [0.3, 0.4) is 0 Å². The van der Waals surface area contributed by atoms with Crippen molar-refractivity contribution in [2.45, 2.75) is 4.90 Å². The van der Waals surface area contributed by atoms with Gasteiger partial charge in [-0.1, -0.05) is 11.6 Å². The van der Waals surface area contributed by atoms with Gasteiger partial charge in [0.05, 0.1) is 31.0 Å². The molecule has 0 saturated carbocycles. The Morgan fingerprint density at radius 3 is 2.68 bits per heavy atom. The third-order valence-corrected chi connectivity index (χ3v) is 6.87. The molecule has 166 valence electrons. The predicted octanol–water partition coefficient (Wildman–Crippen LogP) is 2.06. The second kappa shape index (κ2) is 10.1. The lowest BCUT2D eigenvalue weighted by atomic mass is 10.3. The number of nitrogens with one attached hydrogen (secondary N) is 1. The molecule has 2 amide bonds. The second-order valence-electron chi connectivity index (χ2n) is 6.75. The molecule has 0 unspecified atom stereocenters. The van der Waals surface area contributed by atoms with Crippen LogP contribution in [-0.2, 0) is 24.3 Å². The number of rotatable bonds is 7. The van der Waals surface area contributed by atoms with Gasteiger partial charge in [-0.05, 0) is 36.4 Å². The monoisotopic (exact) mass is 467 g/mol. The fourth-order valence-corrected chi connectivity index (χ4v) is 4.77. The summed E-state index contributed by atoms with van der Waals surface area (Å²) in [6, 6.07) is 7.60. The van der Waals surface area contributed by atoms with Crippen LogP contribution in [0.4, 0.5) is 5.69 Å². The van der Waals surface area contributed by atoms with E-state index >= 15 is 0 Å². The Balaban J connectivity index is 1.65. The first-order chi connectivity index (χ1) is 14.8. The molecule has 1 N–H and O–H groups in total. The topological polar surface area (TPSA) is 109 Å². The maximum atomic E-state index is 12.9. The lowest BCUT2D eigenvalue weighted by Crippen LogP contribution is -2.40. The number of hydrogen-bond donors (Lipinski definition) is 1. The quantitative estimate of drug-likeness (QED) is 0.624. The van der Waals surface area contributed by atoms with Gasteiger partial charge >= 0.3 is 0 Å². The van der Waals surface area contributed by atoms with Crippen LogP contribution in [0, 0.1) is 0 Å². The number of hydrogen-bond acceptors (Lipinski definition) is 6. The highest BCUT2D eigenvalue weighted by Gasteiger charge is 2.28. The van der Waals surface area contributed by atoms with E-state index in [9.17, 15) is 18.0 Å². The molecular weight excluding hydrogens is 446 g/mol. The molecule has 0 aliphatic carbocycles. The van der Waals surface area contributed by atoms with Crippen LogP contribution in [0.25, 0.3) is 6.08 Å². The van der Waals surface area contributed by atoms with Gasteiger partial charge in [0, 0.05) is 31.9 Å². The molecule has 1 aromatic heterocycles. The van der Waals surface area contributed by atoms with Gasteiger partial charge in [-0.2, -0.15) is 4.31 Å². The second-order valence-corrected chi connectivity index (χ2v) is 9.07. The predicted molar refractivity (Wildman–Crippen MR) is 115 cm³/mol. The number of carbonyl (C=O) groups is 2. The van der Waals surface area contributed by atoms with Crippen LogP contribution in [0.1, 0.15) is 5.76 Å². The molecule has 0 radical (unpaired) electrons. The Labute approximate surface area is 185 Å². The SMILES string of the molecule is CN(CC(=O)Nc1ccc(Cl)c(S(=O)(=O)N2CCOCC2)c1)C(=O)/C=C/c1ccco1. The molecule has 9 nitrogen and oxygen atoms in total. The summed E-state index contributed by atoms with van der Waals surface area (Å²) >= 11 is 6.12. The average molecular weight is 468 g/mol. The van der Waals surface area contributed by atoms with Gasteiger partial charge < -0.3 is 19.4 Å².